The minimum absolute atomic E-state index is 0.110. The van der Waals surface area contributed by atoms with Crippen molar-refractivity contribution in [1.82, 2.24) is 10.2 Å². The van der Waals surface area contributed by atoms with Gasteiger partial charge in [0.2, 0.25) is 0 Å². The molecule has 0 unspecified atom stereocenters. The number of benzene rings is 3. The van der Waals surface area contributed by atoms with Crippen molar-refractivity contribution in [3.63, 3.8) is 0 Å². The van der Waals surface area contributed by atoms with Crippen molar-refractivity contribution in [1.29, 1.82) is 0 Å². The van der Waals surface area contributed by atoms with E-state index in [0.29, 0.717) is 22.7 Å². The van der Waals surface area contributed by atoms with Gasteiger partial charge in [0, 0.05) is 50.2 Å². The molecule has 2 heterocycles. The zero-order chi connectivity index (χ0) is 28.1. The standard InChI is InChI=1S/C31H33FN4O3S/c1-34-27-21-23(10-13-28(27)40-29(31(34)38)20-22-8-11-24(39-2)12-9-22)30(37)33-14-5-15-35-16-18-36(19-17-35)26-7-4-3-6-25(26)32/h3-4,6-13,20-21H,5,14-19H2,1-2H3,(H,33,37). The second-order valence-corrected chi connectivity index (χ2v) is 10.9. The fourth-order valence-corrected chi connectivity index (χ4v) is 6.01. The predicted molar refractivity (Wildman–Crippen MR) is 159 cm³/mol. The quantitative estimate of drug-likeness (QED) is 0.313. The number of methoxy groups -OCH3 is 1. The topological polar surface area (TPSA) is 65.1 Å². The van der Waals surface area contributed by atoms with Crippen LogP contribution in [0, 0.1) is 5.82 Å². The molecule has 3 aromatic carbocycles. The highest BCUT2D eigenvalue weighted by atomic mass is 32.2. The first-order valence-electron chi connectivity index (χ1n) is 13.4. The van der Waals surface area contributed by atoms with Crippen molar-refractivity contribution in [3.05, 3.63) is 88.6 Å². The third kappa shape index (κ3) is 6.32. The highest BCUT2D eigenvalue weighted by molar-refractivity contribution is 8.04. The molecule has 0 atom stereocenters. The second kappa shape index (κ2) is 12.6. The number of amides is 2. The summed E-state index contributed by atoms with van der Waals surface area (Å²) in [6, 6.07) is 19.9. The Bertz CT molecular complexity index is 1400. The van der Waals surface area contributed by atoms with E-state index in [4.69, 9.17) is 4.74 Å². The summed E-state index contributed by atoms with van der Waals surface area (Å²) in [6.07, 6.45) is 2.69. The molecule has 2 amide bonds. The number of nitrogens with zero attached hydrogens (tertiary/aromatic N) is 3. The van der Waals surface area contributed by atoms with Gasteiger partial charge in [0.05, 0.1) is 23.4 Å². The SMILES string of the molecule is COc1ccc(C=C2Sc3ccc(C(=O)NCCCN4CCN(c5ccccc5F)CC4)cc3N(C)C2=O)cc1. The number of likely N-dealkylation sites (N-methyl/N-ethyl adjacent to an activating group) is 1. The molecule has 3 aromatic rings. The van der Waals surface area contributed by atoms with Crippen LogP contribution < -0.4 is 19.9 Å². The van der Waals surface area contributed by atoms with E-state index in [-0.39, 0.29) is 17.6 Å². The highest BCUT2D eigenvalue weighted by Crippen LogP contribution is 2.42. The van der Waals surface area contributed by atoms with E-state index in [9.17, 15) is 14.0 Å². The number of hydrogen-bond donors (Lipinski definition) is 1. The Labute approximate surface area is 238 Å². The summed E-state index contributed by atoms with van der Waals surface area (Å²) in [5, 5.41) is 3.01. The van der Waals surface area contributed by atoms with Crippen molar-refractivity contribution < 1.29 is 18.7 Å². The monoisotopic (exact) mass is 560 g/mol. The summed E-state index contributed by atoms with van der Waals surface area (Å²) in [6.45, 7) is 4.71. The molecule has 0 radical (unpaired) electrons. The second-order valence-electron chi connectivity index (χ2n) is 9.82. The van der Waals surface area contributed by atoms with E-state index in [2.05, 4.69) is 15.1 Å². The maximum Gasteiger partial charge on any atom is 0.264 e. The Hall–Kier alpha value is -3.82. The Morgan fingerprint density at radius 3 is 2.50 bits per heavy atom. The van der Waals surface area contributed by atoms with E-state index in [1.165, 1.54) is 17.8 Å². The van der Waals surface area contributed by atoms with E-state index in [1.807, 2.05) is 48.5 Å². The van der Waals surface area contributed by atoms with Gasteiger partial charge in [-0.3, -0.25) is 14.5 Å². The van der Waals surface area contributed by atoms with Crippen molar-refractivity contribution in [3.8, 4) is 5.75 Å². The van der Waals surface area contributed by atoms with Crippen molar-refractivity contribution >= 4 is 41.0 Å². The molecule has 7 nitrogen and oxygen atoms in total. The average Bonchev–Trinajstić information content (AvgIpc) is 2.99. The average molecular weight is 561 g/mol. The van der Waals surface area contributed by atoms with Crippen LogP contribution in [0.5, 0.6) is 5.75 Å². The van der Waals surface area contributed by atoms with Crippen LogP contribution in [0.4, 0.5) is 15.8 Å². The third-order valence-electron chi connectivity index (χ3n) is 7.23. The number of carbonyl (C=O) groups excluding carboxylic acids is 2. The molecule has 0 aliphatic carbocycles. The maximum absolute atomic E-state index is 14.1. The number of thioether (sulfide) groups is 1. The molecule has 9 heteroatoms. The first-order valence-corrected chi connectivity index (χ1v) is 14.2. The molecule has 1 N–H and O–H groups in total. The molecule has 0 spiro atoms. The van der Waals surface area contributed by atoms with Crippen LogP contribution in [-0.2, 0) is 4.79 Å². The lowest BCUT2D eigenvalue weighted by atomic mass is 10.1. The number of piperazine rings is 1. The number of halogens is 1. The Morgan fingerprint density at radius 2 is 1.77 bits per heavy atom. The van der Waals surface area contributed by atoms with Crippen molar-refractivity contribution in [2.45, 2.75) is 11.3 Å². The molecule has 5 rings (SSSR count). The summed E-state index contributed by atoms with van der Waals surface area (Å²) in [5.41, 5.74) is 2.83. The molecule has 1 fully saturated rings. The molecular formula is C31H33FN4O3S. The fraction of sp³-hybridized carbons (Fsp3) is 0.290. The predicted octanol–water partition coefficient (Wildman–Crippen LogP) is 4.89. The van der Waals surface area contributed by atoms with Crippen LogP contribution in [0.1, 0.15) is 22.3 Å². The first-order chi connectivity index (χ1) is 19.4. The molecule has 0 saturated carbocycles. The molecule has 0 bridgehead atoms. The van der Waals surface area contributed by atoms with Gasteiger partial charge in [-0.2, -0.15) is 0 Å². The molecule has 208 valence electrons. The van der Waals surface area contributed by atoms with Gasteiger partial charge >= 0.3 is 0 Å². The summed E-state index contributed by atoms with van der Waals surface area (Å²) in [7, 11) is 3.35. The van der Waals surface area contributed by atoms with Crippen LogP contribution in [0.2, 0.25) is 0 Å². The van der Waals surface area contributed by atoms with Crippen LogP contribution in [0.3, 0.4) is 0 Å². The number of para-hydroxylation sites is 1. The third-order valence-corrected chi connectivity index (χ3v) is 8.31. The summed E-state index contributed by atoms with van der Waals surface area (Å²) >= 11 is 1.41. The van der Waals surface area contributed by atoms with Gasteiger partial charge in [-0.25, -0.2) is 4.39 Å². The van der Waals surface area contributed by atoms with E-state index < -0.39 is 0 Å². The van der Waals surface area contributed by atoms with Gasteiger partial charge in [0.25, 0.3) is 11.8 Å². The minimum atomic E-state index is -0.180. The summed E-state index contributed by atoms with van der Waals surface area (Å²) < 4.78 is 19.3. The summed E-state index contributed by atoms with van der Waals surface area (Å²) in [4.78, 5) is 33.5. The molecule has 2 aliphatic heterocycles. The molecule has 0 aromatic heterocycles. The van der Waals surface area contributed by atoms with E-state index in [0.717, 1.165) is 61.0 Å². The number of hydrogen-bond acceptors (Lipinski definition) is 6. The molecule has 40 heavy (non-hydrogen) atoms. The lowest BCUT2D eigenvalue weighted by Crippen LogP contribution is -2.47. The molecular weight excluding hydrogens is 527 g/mol. The lowest BCUT2D eigenvalue weighted by Gasteiger charge is -2.36. The number of nitrogens with one attached hydrogen (secondary N) is 1. The maximum atomic E-state index is 14.1. The highest BCUT2D eigenvalue weighted by Gasteiger charge is 2.27. The Kier molecular flexibility index (Phi) is 8.72. The minimum Gasteiger partial charge on any atom is -0.497 e. The van der Waals surface area contributed by atoms with Crippen LogP contribution in [-0.4, -0.2) is 70.1 Å². The number of fused-ring (bicyclic) bond motifs is 1. The van der Waals surface area contributed by atoms with Crippen LogP contribution in [0.25, 0.3) is 6.08 Å². The van der Waals surface area contributed by atoms with Gasteiger partial charge in [-0.15, -0.1) is 0 Å². The number of ether oxygens (including phenoxy) is 1. The van der Waals surface area contributed by atoms with Crippen molar-refractivity contribution in [2.75, 3.05) is 63.2 Å². The normalized spacial score (nSPS) is 16.7. The van der Waals surface area contributed by atoms with E-state index in [1.54, 1.807) is 37.3 Å². The zero-order valence-electron chi connectivity index (χ0n) is 22.7. The van der Waals surface area contributed by atoms with Crippen LogP contribution in [0.15, 0.2) is 76.5 Å². The number of rotatable bonds is 8. The first kappa shape index (κ1) is 27.7. The number of anilines is 2. The number of carbonyl (C=O) groups is 2. The van der Waals surface area contributed by atoms with Gasteiger partial charge in [-0.1, -0.05) is 36.0 Å². The molecule has 1 saturated heterocycles. The smallest absolute Gasteiger partial charge is 0.264 e. The summed E-state index contributed by atoms with van der Waals surface area (Å²) in [5.74, 6) is 0.316. The van der Waals surface area contributed by atoms with Crippen LogP contribution >= 0.6 is 11.8 Å². The van der Waals surface area contributed by atoms with Crippen molar-refractivity contribution in [2.24, 2.45) is 0 Å². The zero-order valence-corrected chi connectivity index (χ0v) is 23.5. The van der Waals surface area contributed by atoms with E-state index >= 15 is 0 Å². The van der Waals surface area contributed by atoms with Gasteiger partial charge in [0.15, 0.2) is 0 Å². The fourth-order valence-electron chi connectivity index (χ4n) is 4.91. The lowest BCUT2D eigenvalue weighted by molar-refractivity contribution is -0.114. The Morgan fingerprint density at radius 1 is 1.02 bits per heavy atom. The molecule has 2 aliphatic rings. The van der Waals surface area contributed by atoms with Gasteiger partial charge in [0.1, 0.15) is 11.6 Å². The van der Waals surface area contributed by atoms with Gasteiger partial charge in [-0.05, 0) is 67.1 Å². The van der Waals surface area contributed by atoms with Gasteiger partial charge < -0.3 is 19.9 Å². The Balaban J connectivity index is 1.11. The largest absolute Gasteiger partial charge is 0.497 e.